The first kappa shape index (κ1) is 25.5. The fourth-order valence-electron chi connectivity index (χ4n) is 3.92. The SMILES string of the molecule is CCC1CC(C)C(=O)C=CC(C)=CC(C)C(C(C)O)OC(=O)CC(O)C(C)C1O. The Labute approximate surface area is 174 Å². The van der Waals surface area contributed by atoms with E-state index in [9.17, 15) is 24.9 Å². The standard InChI is InChI=1S/C23H38O6/c1-7-18-11-14(3)19(25)9-8-13(2)10-15(4)23(17(6)24)29-21(27)12-20(26)16(5)22(18)28/h8-10,14-18,20,22-24,26,28H,7,11-12H2,1-6H3. The second-order valence-electron chi connectivity index (χ2n) is 8.63. The maximum Gasteiger partial charge on any atom is 0.308 e. The van der Waals surface area contributed by atoms with E-state index in [1.165, 1.54) is 6.08 Å². The number of hydrogen-bond donors (Lipinski definition) is 3. The Bertz CT molecular complexity index is 608. The fraction of sp³-hybridized carbons (Fsp3) is 0.739. The van der Waals surface area contributed by atoms with Gasteiger partial charge in [-0.15, -0.1) is 0 Å². The minimum absolute atomic E-state index is 0.0187. The van der Waals surface area contributed by atoms with Crippen LogP contribution in [0.4, 0.5) is 0 Å². The molecule has 6 nitrogen and oxygen atoms in total. The van der Waals surface area contributed by atoms with Gasteiger partial charge in [-0.3, -0.25) is 9.59 Å². The summed E-state index contributed by atoms with van der Waals surface area (Å²) in [5.41, 5.74) is 0.826. The molecule has 0 spiro atoms. The lowest BCUT2D eigenvalue weighted by Gasteiger charge is -2.31. The lowest BCUT2D eigenvalue weighted by Crippen LogP contribution is -2.39. The highest BCUT2D eigenvalue weighted by atomic mass is 16.6. The molecule has 0 aliphatic carbocycles. The molecule has 1 rings (SSSR count). The number of ether oxygens (including phenoxy) is 1. The maximum atomic E-state index is 12.5. The summed E-state index contributed by atoms with van der Waals surface area (Å²) < 4.78 is 5.45. The van der Waals surface area contributed by atoms with Crippen molar-refractivity contribution in [1.82, 2.24) is 0 Å². The van der Waals surface area contributed by atoms with Crippen molar-refractivity contribution >= 4 is 11.8 Å². The molecule has 0 amide bonds. The highest BCUT2D eigenvalue weighted by Crippen LogP contribution is 2.28. The van der Waals surface area contributed by atoms with Gasteiger partial charge in [-0.1, -0.05) is 51.8 Å². The number of carbonyl (C=O) groups is 2. The van der Waals surface area contributed by atoms with Crippen LogP contribution in [-0.4, -0.2) is 51.5 Å². The highest BCUT2D eigenvalue weighted by Gasteiger charge is 2.33. The zero-order valence-corrected chi connectivity index (χ0v) is 18.5. The van der Waals surface area contributed by atoms with Gasteiger partial charge in [-0.2, -0.15) is 0 Å². The molecular formula is C23H38O6. The van der Waals surface area contributed by atoms with Crippen LogP contribution in [0.3, 0.4) is 0 Å². The van der Waals surface area contributed by atoms with Crippen LogP contribution in [0, 0.1) is 23.7 Å². The average Bonchev–Trinajstić information content (AvgIpc) is 2.65. The number of aliphatic hydroxyl groups is 3. The van der Waals surface area contributed by atoms with E-state index in [1.807, 2.05) is 33.8 Å². The third-order valence-electron chi connectivity index (χ3n) is 5.97. The van der Waals surface area contributed by atoms with Gasteiger partial charge >= 0.3 is 5.97 Å². The molecule has 8 unspecified atom stereocenters. The van der Waals surface area contributed by atoms with Crippen molar-refractivity contribution in [2.24, 2.45) is 23.7 Å². The first-order valence-electron chi connectivity index (χ1n) is 10.6. The molecule has 0 bridgehead atoms. The summed E-state index contributed by atoms with van der Waals surface area (Å²) in [6, 6.07) is 0. The van der Waals surface area contributed by atoms with Gasteiger partial charge < -0.3 is 20.1 Å². The van der Waals surface area contributed by atoms with E-state index in [-0.39, 0.29) is 30.0 Å². The van der Waals surface area contributed by atoms with Crippen LogP contribution in [-0.2, 0) is 14.3 Å². The van der Waals surface area contributed by atoms with Crippen LogP contribution in [0.15, 0.2) is 23.8 Å². The Morgan fingerprint density at radius 1 is 1.17 bits per heavy atom. The summed E-state index contributed by atoms with van der Waals surface area (Å²) in [6.45, 7) is 10.7. The van der Waals surface area contributed by atoms with Crippen molar-refractivity contribution in [2.45, 2.75) is 85.2 Å². The third-order valence-corrected chi connectivity index (χ3v) is 5.97. The largest absolute Gasteiger partial charge is 0.459 e. The molecule has 8 atom stereocenters. The molecule has 166 valence electrons. The average molecular weight is 411 g/mol. The van der Waals surface area contributed by atoms with Gasteiger partial charge in [0.2, 0.25) is 0 Å². The minimum atomic E-state index is -1.08. The van der Waals surface area contributed by atoms with Crippen LogP contribution < -0.4 is 0 Å². The van der Waals surface area contributed by atoms with Crippen molar-refractivity contribution in [1.29, 1.82) is 0 Å². The van der Waals surface area contributed by atoms with E-state index in [4.69, 9.17) is 4.74 Å². The van der Waals surface area contributed by atoms with E-state index in [1.54, 1.807) is 19.9 Å². The van der Waals surface area contributed by atoms with E-state index in [0.29, 0.717) is 12.8 Å². The predicted octanol–water partition coefficient (Wildman–Crippen LogP) is 2.80. The molecular weight excluding hydrogens is 372 g/mol. The quantitative estimate of drug-likeness (QED) is 0.605. The van der Waals surface area contributed by atoms with Gasteiger partial charge in [0.25, 0.3) is 0 Å². The smallest absolute Gasteiger partial charge is 0.308 e. The van der Waals surface area contributed by atoms with Crippen molar-refractivity contribution in [2.75, 3.05) is 0 Å². The Kier molecular flexibility index (Phi) is 10.2. The number of aliphatic hydroxyl groups excluding tert-OH is 3. The van der Waals surface area contributed by atoms with E-state index in [2.05, 4.69) is 0 Å². The van der Waals surface area contributed by atoms with Crippen LogP contribution in [0.1, 0.15) is 60.8 Å². The Morgan fingerprint density at radius 2 is 1.79 bits per heavy atom. The third kappa shape index (κ3) is 7.68. The molecule has 0 saturated heterocycles. The Hall–Kier alpha value is -1.50. The van der Waals surface area contributed by atoms with Crippen LogP contribution in [0.2, 0.25) is 0 Å². The van der Waals surface area contributed by atoms with Gasteiger partial charge in [0.05, 0.1) is 24.7 Å². The summed E-state index contributed by atoms with van der Waals surface area (Å²) in [5, 5.41) is 31.3. The van der Waals surface area contributed by atoms with Crippen LogP contribution in [0.5, 0.6) is 0 Å². The normalized spacial score (nSPS) is 37.0. The molecule has 0 radical (unpaired) electrons. The number of hydrogen-bond acceptors (Lipinski definition) is 6. The number of esters is 1. The van der Waals surface area contributed by atoms with E-state index >= 15 is 0 Å². The topological polar surface area (TPSA) is 104 Å². The first-order chi connectivity index (χ1) is 13.5. The van der Waals surface area contributed by atoms with Crippen molar-refractivity contribution < 1.29 is 29.6 Å². The molecule has 0 aromatic rings. The van der Waals surface area contributed by atoms with E-state index < -0.39 is 36.3 Å². The lowest BCUT2D eigenvalue weighted by molar-refractivity contribution is -0.160. The molecule has 0 aromatic carbocycles. The molecule has 3 N–H and O–H groups in total. The summed E-state index contributed by atoms with van der Waals surface area (Å²) in [7, 11) is 0. The van der Waals surface area contributed by atoms with E-state index in [0.717, 1.165) is 5.57 Å². The zero-order valence-electron chi connectivity index (χ0n) is 18.5. The van der Waals surface area contributed by atoms with Crippen LogP contribution in [0.25, 0.3) is 0 Å². The molecule has 1 aliphatic heterocycles. The van der Waals surface area contributed by atoms with Gasteiger partial charge in [-0.25, -0.2) is 0 Å². The number of ketones is 1. The number of rotatable bonds is 2. The zero-order chi connectivity index (χ0) is 22.3. The van der Waals surface area contributed by atoms with Crippen molar-refractivity contribution in [3.8, 4) is 0 Å². The van der Waals surface area contributed by atoms with Crippen LogP contribution >= 0.6 is 0 Å². The molecule has 0 aromatic heterocycles. The molecule has 1 heterocycles. The van der Waals surface area contributed by atoms with Crippen molar-refractivity contribution in [3.63, 3.8) is 0 Å². The first-order valence-corrected chi connectivity index (χ1v) is 10.6. The Morgan fingerprint density at radius 3 is 2.34 bits per heavy atom. The molecule has 6 heteroatoms. The van der Waals surface area contributed by atoms with Gasteiger partial charge in [0.15, 0.2) is 5.78 Å². The monoisotopic (exact) mass is 410 g/mol. The minimum Gasteiger partial charge on any atom is -0.459 e. The molecule has 29 heavy (non-hydrogen) atoms. The molecule has 1 aliphatic rings. The summed E-state index contributed by atoms with van der Waals surface area (Å²) in [4.78, 5) is 24.9. The van der Waals surface area contributed by atoms with Gasteiger partial charge in [0, 0.05) is 17.8 Å². The maximum absolute atomic E-state index is 12.5. The van der Waals surface area contributed by atoms with Gasteiger partial charge in [-0.05, 0) is 32.3 Å². The highest BCUT2D eigenvalue weighted by molar-refractivity contribution is 5.91. The number of cyclic esters (lactones) is 1. The van der Waals surface area contributed by atoms with Crippen molar-refractivity contribution in [3.05, 3.63) is 23.8 Å². The Balaban J connectivity index is 3.23. The summed E-state index contributed by atoms with van der Waals surface area (Å²) >= 11 is 0. The second-order valence-corrected chi connectivity index (χ2v) is 8.63. The van der Waals surface area contributed by atoms with Gasteiger partial charge in [0.1, 0.15) is 6.10 Å². The molecule has 0 saturated carbocycles. The molecule has 0 fully saturated rings. The summed E-state index contributed by atoms with van der Waals surface area (Å²) in [5.74, 6) is -1.90. The summed E-state index contributed by atoms with van der Waals surface area (Å²) in [6.07, 6.45) is 2.43. The fourth-order valence-corrected chi connectivity index (χ4v) is 3.92. The number of carbonyl (C=O) groups excluding carboxylic acids is 2. The lowest BCUT2D eigenvalue weighted by atomic mass is 9.80. The number of allylic oxidation sites excluding steroid dienone is 3. The second kappa shape index (κ2) is 11.6. The predicted molar refractivity (Wildman–Crippen MR) is 112 cm³/mol.